The molecule has 3 rings (SSSR count). The number of hydrogen-bond acceptors (Lipinski definition) is 5. The predicted molar refractivity (Wildman–Crippen MR) is 89.0 cm³/mol. The lowest BCUT2D eigenvalue weighted by Crippen LogP contribution is -2.38. The molecule has 1 unspecified atom stereocenters. The van der Waals surface area contributed by atoms with Crippen LogP contribution in [0.15, 0.2) is 12.1 Å². The van der Waals surface area contributed by atoms with Crippen LogP contribution in [-0.2, 0) is 9.47 Å². The monoisotopic (exact) mass is 334 g/mol. The van der Waals surface area contributed by atoms with Crippen LogP contribution in [0.4, 0.5) is 0 Å². The Bertz CT molecular complexity index is 597. The van der Waals surface area contributed by atoms with Gasteiger partial charge in [0.1, 0.15) is 6.10 Å². The molecular formula is C18H26N2O4. The number of nitrogens with one attached hydrogen (secondary N) is 1. The second-order valence-electron chi connectivity index (χ2n) is 6.89. The Labute approximate surface area is 142 Å². The molecule has 2 fully saturated rings. The number of rotatable bonds is 4. The molecule has 2 aliphatic rings. The highest BCUT2D eigenvalue weighted by Gasteiger charge is 2.43. The van der Waals surface area contributed by atoms with Gasteiger partial charge in [-0.1, -0.05) is 6.92 Å². The van der Waals surface area contributed by atoms with Crippen molar-refractivity contribution in [2.45, 2.75) is 51.4 Å². The number of aromatic nitrogens is 1. The predicted octanol–water partition coefficient (Wildman–Crippen LogP) is 2.45. The fourth-order valence-corrected chi connectivity index (χ4v) is 3.36. The molecule has 6 nitrogen and oxygen atoms in total. The third-order valence-electron chi connectivity index (χ3n) is 4.84. The molecule has 6 heteroatoms. The van der Waals surface area contributed by atoms with Gasteiger partial charge < -0.3 is 19.5 Å². The Morgan fingerprint density at radius 3 is 2.88 bits per heavy atom. The summed E-state index contributed by atoms with van der Waals surface area (Å²) in [5.74, 6) is 0.612. The van der Waals surface area contributed by atoms with E-state index in [0.29, 0.717) is 24.6 Å². The van der Waals surface area contributed by atoms with Gasteiger partial charge in [-0.2, -0.15) is 0 Å². The van der Waals surface area contributed by atoms with Crippen molar-refractivity contribution in [1.82, 2.24) is 10.3 Å². The van der Waals surface area contributed by atoms with Crippen LogP contribution in [0.1, 0.15) is 48.7 Å². The van der Waals surface area contributed by atoms with Crippen molar-refractivity contribution >= 4 is 5.91 Å². The fourth-order valence-electron chi connectivity index (χ4n) is 3.36. The lowest BCUT2D eigenvalue weighted by Gasteiger charge is -2.34. The van der Waals surface area contributed by atoms with Gasteiger partial charge in [0.25, 0.3) is 5.91 Å². The van der Waals surface area contributed by atoms with Gasteiger partial charge in [-0.05, 0) is 31.7 Å². The second kappa shape index (κ2) is 7.07. The molecule has 1 aliphatic carbocycles. The molecule has 1 spiro atoms. The smallest absolute Gasteiger partial charge is 0.251 e. The minimum Gasteiger partial charge on any atom is -0.481 e. The van der Waals surface area contributed by atoms with Crippen LogP contribution in [-0.4, -0.2) is 43.0 Å². The van der Waals surface area contributed by atoms with Gasteiger partial charge in [0.15, 0.2) is 5.79 Å². The van der Waals surface area contributed by atoms with E-state index in [4.69, 9.17) is 14.2 Å². The first kappa shape index (κ1) is 17.2. The molecule has 1 saturated carbocycles. The number of hydrogen-bond donors (Lipinski definition) is 1. The van der Waals surface area contributed by atoms with Crippen LogP contribution >= 0.6 is 0 Å². The third-order valence-corrected chi connectivity index (χ3v) is 4.84. The van der Waals surface area contributed by atoms with Gasteiger partial charge in [0, 0.05) is 36.7 Å². The quantitative estimate of drug-likeness (QED) is 0.916. The molecule has 0 aromatic carbocycles. The highest BCUT2D eigenvalue weighted by Crippen LogP contribution is 2.39. The first-order valence-corrected chi connectivity index (χ1v) is 8.62. The highest BCUT2D eigenvalue weighted by atomic mass is 16.7. The molecule has 1 saturated heterocycles. The molecule has 1 aromatic heterocycles. The summed E-state index contributed by atoms with van der Waals surface area (Å²) in [6.45, 7) is 5.08. The summed E-state index contributed by atoms with van der Waals surface area (Å²) in [6, 6.07) is 3.38. The summed E-state index contributed by atoms with van der Waals surface area (Å²) in [5.41, 5.74) is 1.29. The van der Waals surface area contributed by atoms with Gasteiger partial charge in [0.2, 0.25) is 5.88 Å². The van der Waals surface area contributed by atoms with E-state index in [1.54, 1.807) is 12.1 Å². The minimum atomic E-state index is -0.418. The van der Waals surface area contributed by atoms with Crippen LogP contribution in [0.3, 0.4) is 0 Å². The van der Waals surface area contributed by atoms with E-state index in [-0.39, 0.29) is 12.0 Å². The number of carbonyl (C=O) groups is 1. The normalized spacial score (nSPS) is 29.6. The number of aryl methyl sites for hydroxylation is 1. The average Bonchev–Trinajstić information content (AvgIpc) is 2.98. The van der Waals surface area contributed by atoms with E-state index >= 15 is 0 Å². The summed E-state index contributed by atoms with van der Waals surface area (Å²) < 4.78 is 17.2. The molecule has 24 heavy (non-hydrogen) atoms. The number of pyridine rings is 1. The largest absolute Gasteiger partial charge is 0.481 e. The maximum absolute atomic E-state index is 12.3. The van der Waals surface area contributed by atoms with E-state index in [0.717, 1.165) is 37.3 Å². The summed E-state index contributed by atoms with van der Waals surface area (Å²) in [6.07, 6.45) is 4.07. The molecule has 0 bridgehead atoms. The lowest BCUT2D eigenvalue weighted by molar-refractivity contribution is -0.191. The van der Waals surface area contributed by atoms with Crippen LogP contribution in [0, 0.1) is 12.8 Å². The summed E-state index contributed by atoms with van der Waals surface area (Å²) in [4.78, 5) is 16.5. The molecule has 1 atom stereocenters. The molecule has 0 radical (unpaired) electrons. The molecule has 1 amide bonds. The number of ether oxygens (including phenoxy) is 3. The standard InChI is InChI=1S/C18H26N2O4/c1-12-4-6-18(7-5-12)23-11-15(24-18)10-19-17(21)14-8-13(2)20-16(9-14)22-3/h8-9,12,15H,4-7,10-11H2,1-3H3,(H,19,21). The van der Waals surface area contributed by atoms with Crippen molar-refractivity contribution in [3.8, 4) is 5.88 Å². The van der Waals surface area contributed by atoms with Crippen molar-refractivity contribution in [2.75, 3.05) is 20.3 Å². The zero-order valence-corrected chi connectivity index (χ0v) is 14.6. The zero-order chi connectivity index (χ0) is 17.2. The highest BCUT2D eigenvalue weighted by molar-refractivity contribution is 5.94. The third kappa shape index (κ3) is 3.87. The molecule has 2 heterocycles. The lowest BCUT2D eigenvalue weighted by atomic mass is 9.86. The Morgan fingerprint density at radius 1 is 1.42 bits per heavy atom. The van der Waals surface area contributed by atoms with Gasteiger partial charge >= 0.3 is 0 Å². The molecule has 1 N–H and O–H groups in total. The van der Waals surface area contributed by atoms with E-state index in [2.05, 4.69) is 17.2 Å². The minimum absolute atomic E-state index is 0.0906. The van der Waals surface area contributed by atoms with Crippen molar-refractivity contribution in [3.63, 3.8) is 0 Å². The van der Waals surface area contributed by atoms with E-state index in [1.807, 2.05) is 6.92 Å². The molecular weight excluding hydrogens is 308 g/mol. The van der Waals surface area contributed by atoms with Crippen molar-refractivity contribution in [1.29, 1.82) is 0 Å². The number of methoxy groups -OCH3 is 1. The molecule has 1 aromatic rings. The summed E-state index contributed by atoms with van der Waals surface area (Å²) in [7, 11) is 1.54. The first-order valence-electron chi connectivity index (χ1n) is 8.62. The van der Waals surface area contributed by atoms with E-state index in [9.17, 15) is 4.79 Å². The SMILES string of the molecule is COc1cc(C(=O)NCC2COC3(CCC(C)CC3)O2)cc(C)n1. The first-order chi connectivity index (χ1) is 11.5. The maximum Gasteiger partial charge on any atom is 0.251 e. The average molecular weight is 334 g/mol. The zero-order valence-electron chi connectivity index (χ0n) is 14.6. The van der Waals surface area contributed by atoms with Gasteiger partial charge in [-0.3, -0.25) is 4.79 Å². The summed E-state index contributed by atoms with van der Waals surface area (Å²) in [5, 5.41) is 2.92. The number of carbonyl (C=O) groups excluding carboxylic acids is 1. The van der Waals surface area contributed by atoms with Crippen molar-refractivity contribution in [3.05, 3.63) is 23.4 Å². The second-order valence-corrected chi connectivity index (χ2v) is 6.89. The molecule has 1 aliphatic heterocycles. The van der Waals surface area contributed by atoms with E-state index in [1.165, 1.54) is 7.11 Å². The van der Waals surface area contributed by atoms with Crippen LogP contribution in [0.5, 0.6) is 5.88 Å². The van der Waals surface area contributed by atoms with Crippen molar-refractivity contribution in [2.24, 2.45) is 5.92 Å². The Kier molecular flexibility index (Phi) is 5.06. The van der Waals surface area contributed by atoms with Crippen LogP contribution in [0.2, 0.25) is 0 Å². The topological polar surface area (TPSA) is 69.7 Å². The van der Waals surface area contributed by atoms with Crippen LogP contribution in [0.25, 0.3) is 0 Å². The van der Waals surface area contributed by atoms with Crippen molar-refractivity contribution < 1.29 is 19.0 Å². The maximum atomic E-state index is 12.3. The van der Waals surface area contributed by atoms with Crippen LogP contribution < -0.4 is 10.1 Å². The number of nitrogens with zero attached hydrogens (tertiary/aromatic N) is 1. The summed E-state index contributed by atoms with van der Waals surface area (Å²) >= 11 is 0. The Hall–Kier alpha value is -1.66. The Morgan fingerprint density at radius 2 is 2.17 bits per heavy atom. The van der Waals surface area contributed by atoms with Gasteiger partial charge in [0.05, 0.1) is 13.7 Å². The molecule has 132 valence electrons. The van der Waals surface area contributed by atoms with Gasteiger partial charge in [-0.25, -0.2) is 4.98 Å². The Balaban J connectivity index is 1.53. The number of amides is 1. The fraction of sp³-hybridized carbons (Fsp3) is 0.667. The van der Waals surface area contributed by atoms with Gasteiger partial charge in [-0.15, -0.1) is 0 Å². The van der Waals surface area contributed by atoms with E-state index < -0.39 is 5.79 Å².